The lowest BCUT2D eigenvalue weighted by atomic mass is 9.96. The van der Waals surface area contributed by atoms with Crippen LogP contribution in [0.1, 0.15) is 0 Å². The Morgan fingerprint density at radius 3 is 1.36 bits per heavy atom. The van der Waals surface area contributed by atoms with Crippen molar-refractivity contribution in [2.45, 2.75) is 0 Å². The fourth-order valence-electron chi connectivity index (χ4n) is 4.31. The minimum Gasteiger partial charge on any atom is -0.455 e. The van der Waals surface area contributed by atoms with Crippen LogP contribution in [0.5, 0.6) is 0 Å². The van der Waals surface area contributed by atoms with Gasteiger partial charge in [0.2, 0.25) is 0 Å². The Hall–Kier alpha value is -4.50. The third-order valence-electron chi connectivity index (χ3n) is 5.83. The van der Waals surface area contributed by atoms with Gasteiger partial charge in [-0.15, -0.1) is 0 Å². The van der Waals surface area contributed by atoms with Gasteiger partial charge in [-0.25, -0.2) is 9.97 Å². The van der Waals surface area contributed by atoms with Crippen molar-refractivity contribution < 1.29 is 4.42 Å². The molecule has 6 rings (SSSR count). The number of aromatic nitrogens is 2. The van der Waals surface area contributed by atoms with Gasteiger partial charge in [-0.3, -0.25) is 0 Å². The third kappa shape index (κ3) is 3.40. The standard InChI is InChI=1S/C30H20N2O/c1-4-12-21(13-5-1)27-26(28(32-20-31-27)22-14-6-2-7-15-22)30-25-19-11-10-18-24(25)29(33-30)23-16-8-3-9-17-23/h1-20H. The molecule has 156 valence electrons. The van der Waals surface area contributed by atoms with Gasteiger partial charge in [0, 0.05) is 27.5 Å². The van der Waals surface area contributed by atoms with Gasteiger partial charge in [-0.05, 0) is 0 Å². The van der Waals surface area contributed by atoms with Crippen molar-refractivity contribution in [2.75, 3.05) is 0 Å². The van der Waals surface area contributed by atoms with Gasteiger partial charge in [0.1, 0.15) is 17.8 Å². The summed E-state index contributed by atoms with van der Waals surface area (Å²) >= 11 is 0. The molecule has 3 nitrogen and oxygen atoms in total. The van der Waals surface area contributed by atoms with Crippen LogP contribution in [0.15, 0.2) is 126 Å². The Labute approximate surface area is 192 Å². The second kappa shape index (κ2) is 8.21. The highest BCUT2D eigenvalue weighted by molar-refractivity contribution is 6.06. The molecule has 0 N–H and O–H groups in total. The highest BCUT2D eigenvalue weighted by atomic mass is 16.3. The van der Waals surface area contributed by atoms with Crippen LogP contribution < -0.4 is 0 Å². The van der Waals surface area contributed by atoms with Crippen LogP contribution in [-0.4, -0.2) is 9.97 Å². The Morgan fingerprint density at radius 2 is 0.848 bits per heavy atom. The van der Waals surface area contributed by atoms with Crippen LogP contribution >= 0.6 is 0 Å². The first-order valence-corrected chi connectivity index (χ1v) is 10.9. The van der Waals surface area contributed by atoms with Gasteiger partial charge in [-0.1, -0.05) is 115 Å². The summed E-state index contributed by atoms with van der Waals surface area (Å²) in [6.07, 6.45) is 1.64. The maximum absolute atomic E-state index is 6.68. The molecule has 0 bridgehead atoms. The summed E-state index contributed by atoms with van der Waals surface area (Å²) in [7, 11) is 0. The van der Waals surface area contributed by atoms with Crippen LogP contribution in [0, 0.1) is 0 Å². The molecule has 0 fully saturated rings. The zero-order chi connectivity index (χ0) is 22.0. The molecule has 0 amide bonds. The molecule has 0 aliphatic rings. The Balaban J connectivity index is 1.71. The fraction of sp³-hybridized carbons (Fsp3) is 0. The van der Waals surface area contributed by atoms with E-state index in [0.29, 0.717) is 0 Å². The molecule has 2 aromatic heterocycles. The van der Waals surface area contributed by atoms with Crippen molar-refractivity contribution in [3.05, 3.63) is 122 Å². The monoisotopic (exact) mass is 424 g/mol. The number of nitrogens with zero attached hydrogens (tertiary/aromatic N) is 2. The van der Waals surface area contributed by atoms with E-state index in [2.05, 4.69) is 48.5 Å². The number of fused-ring (bicyclic) bond motifs is 1. The van der Waals surface area contributed by atoms with E-state index in [0.717, 1.165) is 55.9 Å². The van der Waals surface area contributed by atoms with Crippen molar-refractivity contribution in [2.24, 2.45) is 0 Å². The molecule has 4 aromatic carbocycles. The van der Waals surface area contributed by atoms with E-state index in [9.17, 15) is 0 Å². The number of benzene rings is 4. The molecule has 0 aliphatic heterocycles. The molecule has 0 saturated heterocycles. The minimum absolute atomic E-state index is 0.780. The van der Waals surface area contributed by atoms with Crippen LogP contribution in [-0.2, 0) is 0 Å². The average molecular weight is 425 g/mol. The molecule has 0 radical (unpaired) electrons. The molecule has 3 heteroatoms. The van der Waals surface area contributed by atoms with Crippen LogP contribution in [0.4, 0.5) is 0 Å². The van der Waals surface area contributed by atoms with Crippen molar-refractivity contribution in [1.29, 1.82) is 0 Å². The lowest BCUT2D eigenvalue weighted by Crippen LogP contribution is -1.96. The molecule has 0 atom stereocenters. The summed E-state index contributed by atoms with van der Waals surface area (Å²) in [4.78, 5) is 9.46. The summed E-state index contributed by atoms with van der Waals surface area (Å²) in [5.41, 5.74) is 5.68. The Bertz CT molecular complexity index is 1480. The first kappa shape index (κ1) is 19.2. The molecule has 0 spiro atoms. The number of hydrogen-bond donors (Lipinski definition) is 0. The maximum Gasteiger partial charge on any atom is 0.147 e. The van der Waals surface area contributed by atoms with Crippen molar-refractivity contribution >= 4 is 10.8 Å². The summed E-state index contributed by atoms with van der Waals surface area (Å²) in [6, 6.07) is 39.0. The van der Waals surface area contributed by atoms with E-state index in [1.165, 1.54) is 0 Å². The Kier molecular flexibility index (Phi) is 4.78. The molecule has 0 saturated carbocycles. The van der Waals surface area contributed by atoms with E-state index in [-0.39, 0.29) is 0 Å². The summed E-state index contributed by atoms with van der Waals surface area (Å²) in [5, 5.41) is 2.11. The molecule has 0 unspecified atom stereocenters. The molecular weight excluding hydrogens is 404 g/mol. The molecule has 33 heavy (non-hydrogen) atoms. The summed E-state index contributed by atoms with van der Waals surface area (Å²) in [6.45, 7) is 0. The molecule has 2 heterocycles. The zero-order valence-electron chi connectivity index (χ0n) is 17.8. The normalized spacial score (nSPS) is 11.0. The highest BCUT2D eigenvalue weighted by Gasteiger charge is 2.24. The number of rotatable bonds is 4. The second-order valence-electron chi connectivity index (χ2n) is 7.85. The van der Waals surface area contributed by atoms with Gasteiger partial charge in [0.25, 0.3) is 0 Å². The second-order valence-corrected chi connectivity index (χ2v) is 7.85. The van der Waals surface area contributed by atoms with Gasteiger partial charge in [0.05, 0.1) is 17.0 Å². The van der Waals surface area contributed by atoms with Gasteiger partial charge < -0.3 is 4.42 Å². The predicted octanol–water partition coefficient (Wildman–Crippen LogP) is 7.89. The van der Waals surface area contributed by atoms with Gasteiger partial charge in [-0.2, -0.15) is 0 Å². The smallest absolute Gasteiger partial charge is 0.147 e. The lowest BCUT2D eigenvalue weighted by molar-refractivity contribution is 0.602. The molecule has 0 aliphatic carbocycles. The summed E-state index contributed by atoms with van der Waals surface area (Å²) in [5.74, 6) is 1.63. The minimum atomic E-state index is 0.780. The largest absolute Gasteiger partial charge is 0.455 e. The van der Waals surface area contributed by atoms with E-state index in [4.69, 9.17) is 14.4 Å². The predicted molar refractivity (Wildman–Crippen MR) is 134 cm³/mol. The first-order chi connectivity index (χ1) is 16.4. The third-order valence-corrected chi connectivity index (χ3v) is 5.83. The zero-order valence-corrected chi connectivity index (χ0v) is 17.8. The lowest BCUT2D eigenvalue weighted by Gasteiger charge is -2.12. The van der Waals surface area contributed by atoms with Crippen LogP contribution in [0.3, 0.4) is 0 Å². The maximum atomic E-state index is 6.68. The van der Waals surface area contributed by atoms with E-state index in [1.807, 2.05) is 66.7 Å². The van der Waals surface area contributed by atoms with Crippen molar-refractivity contribution in [3.63, 3.8) is 0 Å². The van der Waals surface area contributed by atoms with Crippen molar-refractivity contribution in [1.82, 2.24) is 9.97 Å². The van der Waals surface area contributed by atoms with E-state index in [1.54, 1.807) is 6.33 Å². The average Bonchev–Trinajstić information content (AvgIpc) is 3.29. The first-order valence-electron chi connectivity index (χ1n) is 10.9. The van der Waals surface area contributed by atoms with Gasteiger partial charge in [0.15, 0.2) is 0 Å². The number of furan rings is 1. The van der Waals surface area contributed by atoms with E-state index < -0.39 is 0 Å². The molecule has 6 aromatic rings. The Morgan fingerprint density at radius 1 is 0.424 bits per heavy atom. The van der Waals surface area contributed by atoms with Gasteiger partial charge >= 0.3 is 0 Å². The topological polar surface area (TPSA) is 38.9 Å². The SMILES string of the molecule is c1ccc(-c2ncnc(-c3ccccc3)c2-c2oc(-c3ccccc3)c3ccccc23)cc1. The van der Waals surface area contributed by atoms with E-state index >= 15 is 0 Å². The number of hydrogen-bond acceptors (Lipinski definition) is 3. The van der Waals surface area contributed by atoms with Crippen LogP contribution in [0.25, 0.3) is 55.9 Å². The van der Waals surface area contributed by atoms with Crippen LogP contribution in [0.2, 0.25) is 0 Å². The summed E-state index contributed by atoms with van der Waals surface area (Å²) < 4.78 is 6.68. The fourth-order valence-corrected chi connectivity index (χ4v) is 4.31. The molecular formula is C30H20N2O. The quantitative estimate of drug-likeness (QED) is 0.289. The highest BCUT2D eigenvalue weighted by Crippen LogP contribution is 2.45. The van der Waals surface area contributed by atoms with Crippen molar-refractivity contribution in [3.8, 4) is 45.2 Å².